The van der Waals surface area contributed by atoms with Crippen molar-refractivity contribution in [2.24, 2.45) is 0 Å². The van der Waals surface area contributed by atoms with Gasteiger partial charge in [-0.3, -0.25) is 14.5 Å². The second-order valence-electron chi connectivity index (χ2n) is 8.44. The van der Waals surface area contributed by atoms with Crippen molar-refractivity contribution in [3.63, 3.8) is 0 Å². The average molecular weight is 401 g/mol. The first-order valence-corrected chi connectivity index (χ1v) is 11.1. The number of nitrogens with one attached hydrogen (secondary N) is 1. The molecule has 6 nitrogen and oxygen atoms in total. The number of benzene rings is 1. The fourth-order valence-corrected chi connectivity index (χ4v) is 4.83. The lowest BCUT2D eigenvalue weighted by molar-refractivity contribution is -0.127. The van der Waals surface area contributed by atoms with E-state index in [1.165, 1.54) is 5.56 Å². The van der Waals surface area contributed by atoms with Crippen LogP contribution in [0, 0.1) is 0 Å². The van der Waals surface area contributed by atoms with Gasteiger partial charge in [0.15, 0.2) is 0 Å². The minimum atomic E-state index is -0.648. The van der Waals surface area contributed by atoms with Crippen LogP contribution < -0.4 is 5.32 Å². The van der Waals surface area contributed by atoms with Crippen LogP contribution in [0.1, 0.15) is 67.8 Å². The highest BCUT2D eigenvalue weighted by Crippen LogP contribution is 2.41. The molecule has 6 heteroatoms. The molecule has 2 atom stereocenters. The lowest BCUT2D eigenvalue weighted by atomic mass is 9.89. The van der Waals surface area contributed by atoms with Gasteiger partial charge in [0.25, 0.3) is 5.91 Å². The number of ether oxygens (including phenoxy) is 2. The lowest BCUT2D eigenvalue weighted by Gasteiger charge is -2.41. The minimum absolute atomic E-state index is 0.0793. The van der Waals surface area contributed by atoms with Gasteiger partial charge < -0.3 is 14.8 Å². The van der Waals surface area contributed by atoms with Crippen LogP contribution in [0.2, 0.25) is 0 Å². The summed E-state index contributed by atoms with van der Waals surface area (Å²) in [4.78, 5) is 28.3. The normalized spacial score (nSPS) is 26.0. The molecule has 1 aliphatic carbocycles. The van der Waals surface area contributed by atoms with Gasteiger partial charge in [0.1, 0.15) is 11.8 Å². The molecule has 3 aliphatic rings. The van der Waals surface area contributed by atoms with Crippen molar-refractivity contribution < 1.29 is 19.1 Å². The summed E-state index contributed by atoms with van der Waals surface area (Å²) < 4.78 is 11.8. The Kier molecular flexibility index (Phi) is 6.20. The van der Waals surface area contributed by atoms with E-state index in [0.29, 0.717) is 12.1 Å². The molecular weight excluding hydrogens is 368 g/mol. The zero-order valence-electron chi connectivity index (χ0n) is 17.3. The van der Waals surface area contributed by atoms with Gasteiger partial charge in [0.2, 0.25) is 5.91 Å². The molecule has 158 valence electrons. The van der Waals surface area contributed by atoms with Crippen LogP contribution >= 0.6 is 0 Å². The zero-order valence-corrected chi connectivity index (χ0v) is 17.3. The largest absolute Gasteiger partial charge is 0.376 e. The van der Waals surface area contributed by atoms with Gasteiger partial charge in [-0.2, -0.15) is 0 Å². The average Bonchev–Trinajstić information content (AvgIpc) is 3.40. The molecule has 1 aromatic rings. The molecule has 2 saturated heterocycles. The van der Waals surface area contributed by atoms with Crippen LogP contribution in [0.5, 0.6) is 0 Å². The topological polar surface area (TPSA) is 67.9 Å². The van der Waals surface area contributed by atoms with Gasteiger partial charge in [-0.15, -0.1) is 0 Å². The molecule has 29 heavy (non-hydrogen) atoms. The van der Waals surface area contributed by atoms with E-state index in [9.17, 15) is 9.59 Å². The predicted octanol–water partition coefficient (Wildman–Crippen LogP) is 3.05. The molecule has 0 unspecified atom stereocenters. The Morgan fingerprint density at radius 3 is 2.55 bits per heavy atom. The Morgan fingerprint density at radius 2 is 1.90 bits per heavy atom. The third kappa shape index (κ3) is 4.19. The van der Waals surface area contributed by atoms with Gasteiger partial charge in [-0.1, -0.05) is 25.5 Å². The maximum atomic E-state index is 13.5. The van der Waals surface area contributed by atoms with Crippen LogP contribution in [-0.2, 0) is 20.7 Å². The number of hydrogen-bond donors (Lipinski definition) is 1. The molecule has 0 radical (unpaired) electrons. The highest BCUT2D eigenvalue weighted by molar-refractivity contribution is 5.98. The molecular formula is C23H32N2O4. The summed E-state index contributed by atoms with van der Waals surface area (Å²) in [5.41, 5.74) is 1.16. The molecule has 1 aromatic carbocycles. The summed E-state index contributed by atoms with van der Waals surface area (Å²) >= 11 is 0. The van der Waals surface area contributed by atoms with Crippen molar-refractivity contribution >= 4 is 11.8 Å². The van der Waals surface area contributed by atoms with E-state index in [1.807, 2.05) is 24.3 Å². The summed E-state index contributed by atoms with van der Waals surface area (Å²) in [7, 11) is 0. The third-order valence-electron chi connectivity index (χ3n) is 6.55. The van der Waals surface area contributed by atoms with Gasteiger partial charge in [0.05, 0.1) is 12.7 Å². The number of aryl methyl sites for hydroxylation is 1. The number of nitrogens with zero attached hydrogens (tertiary/aromatic N) is 1. The predicted molar refractivity (Wildman–Crippen MR) is 110 cm³/mol. The Labute approximate surface area is 172 Å². The van der Waals surface area contributed by atoms with E-state index in [1.54, 1.807) is 4.90 Å². The quantitative estimate of drug-likeness (QED) is 0.825. The van der Waals surface area contributed by atoms with Gasteiger partial charge in [-0.25, -0.2) is 0 Å². The van der Waals surface area contributed by atoms with Crippen LogP contribution in [0.25, 0.3) is 0 Å². The number of hydrogen-bond acceptors (Lipinski definition) is 4. The summed E-state index contributed by atoms with van der Waals surface area (Å²) in [6.45, 7) is 3.61. The Balaban J connectivity index is 1.54. The monoisotopic (exact) mass is 400 g/mol. The van der Waals surface area contributed by atoms with E-state index < -0.39 is 11.8 Å². The van der Waals surface area contributed by atoms with Crippen LogP contribution in [0.4, 0.5) is 0 Å². The molecule has 1 N–H and O–H groups in total. The van der Waals surface area contributed by atoms with Gasteiger partial charge in [0, 0.05) is 18.7 Å². The third-order valence-corrected chi connectivity index (χ3v) is 6.55. The first-order chi connectivity index (χ1) is 14.1. The SMILES string of the molecule is CCc1ccc(C(=O)N2[C@@H](C(=O)NC[C@H]3CCCO3)COC23CCCCC3)cc1. The first kappa shape index (κ1) is 20.4. The number of amides is 2. The molecule has 4 rings (SSSR count). The molecule has 0 aromatic heterocycles. The lowest BCUT2D eigenvalue weighted by Crippen LogP contribution is -2.56. The van der Waals surface area contributed by atoms with E-state index in [4.69, 9.17) is 9.47 Å². The van der Waals surface area contributed by atoms with Crippen molar-refractivity contribution in [2.75, 3.05) is 19.8 Å². The number of rotatable bonds is 5. The second-order valence-corrected chi connectivity index (χ2v) is 8.44. The van der Waals surface area contributed by atoms with Crippen LogP contribution in [-0.4, -0.2) is 54.3 Å². The molecule has 2 aliphatic heterocycles. The van der Waals surface area contributed by atoms with Crippen molar-refractivity contribution in [3.8, 4) is 0 Å². The van der Waals surface area contributed by atoms with Crippen LogP contribution in [0.15, 0.2) is 24.3 Å². The van der Waals surface area contributed by atoms with Gasteiger partial charge in [-0.05, 0) is 62.6 Å². The van der Waals surface area contributed by atoms with E-state index >= 15 is 0 Å². The number of carbonyl (C=O) groups is 2. The van der Waals surface area contributed by atoms with Crippen molar-refractivity contribution in [1.29, 1.82) is 0 Å². The number of carbonyl (C=O) groups excluding carboxylic acids is 2. The van der Waals surface area contributed by atoms with Gasteiger partial charge >= 0.3 is 0 Å². The van der Waals surface area contributed by atoms with Crippen LogP contribution in [0.3, 0.4) is 0 Å². The van der Waals surface area contributed by atoms with E-state index in [0.717, 1.165) is 58.0 Å². The zero-order chi connectivity index (χ0) is 20.3. The summed E-state index contributed by atoms with van der Waals surface area (Å²) in [5.74, 6) is -0.245. The van der Waals surface area contributed by atoms with E-state index in [-0.39, 0.29) is 24.5 Å². The molecule has 2 amide bonds. The molecule has 2 heterocycles. The maximum absolute atomic E-state index is 13.5. The minimum Gasteiger partial charge on any atom is -0.376 e. The summed E-state index contributed by atoms with van der Waals surface area (Å²) in [5, 5.41) is 3.01. The van der Waals surface area contributed by atoms with E-state index in [2.05, 4.69) is 12.2 Å². The molecule has 1 spiro atoms. The summed E-state index contributed by atoms with van der Waals surface area (Å²) in [6, 6.07) is 7.14. The molecule has 3 fully saturated rings. The Bertz CT molecular complexity index is 721. The second kappa shape index (κ2) is 8.84. The molecule has 0 bridgehead atoms. The standard InChI is InChI=1S/C23H32N2O4/c1-2-17-8-10-18(11-9-17)22(27)25-20(16-29-23(25)12-4-3-5-13-23)21(26)24-15-19-7-6-14-28-19/h8-11,19-20H,2-7,12-16H2,1H3,(H,24,26)/t19-,20-/m1/s1. The Morgan fingerprint density at radius 1 is 1.14 bits per heavy atom. The highest BCUT2D eigenvalue weighted by atomic mass is 16.5. The summed E-state index contributed by atoms with van der Waals surface area (Å²) in [6.07, 6.45) is 7.78. The smallest absolute Gasteiger partial charge is 0.256 e. The fourth-order valence-electron chi connectivity index (χ4n) is 4.83. The van der Waals surface area contributed by atoms with Crippen molar-refractivity contribution in [3.05, 3.63) is 35.4 Å². The highest BCUT2D eigenvalue weighted by Gasteiger charge is 2.52. The fraction of sp³-hybridized carbons (Fsp3) is 0.652. The Hall–Kier alpha value is -1.92. The van der Waals surface area contributed by atoms with Crippen molar-refractivity contribution in [1.82, 2.24) is 10.2 Å². The first-order valence-electron chi connectivity index (χ1n) is 11.1. The maximum Gasteiger partial charge on any atom is 0.256 e. The molecule has 1 saturated carbocycles. The van der Waals surface area contributed by atoms with Crippen molar-refractivity contribution in [2.45, 2.75) is 76.2 Å².